The van der Waals surface area contributed by atoms with Crippen LogP contribution in [0.3, 0.4) is 0 Å². The normalized spacial score (nSPS) is 13.3. The summed E-state index contributed by atoms with van der Waals surface area (Å²) in [6.45, 7) is 9.54. The summed E-state index contributed by atoms with van der Waals surface area (Å²) in [7, 11) is 0. The van der Waals surface area contributed by atoms with Gasteiger partial charge in [0, 0.05) is 65.9 Å². The van der Waals surface area contributed by atoms with Crippen LogP contribution in [0.2, 0.25) is 0 Å². The number of nitrogens with zero attached hydrogens (tertiary/aromatic N) is 2. The lowest BCUT2D eigenvalue weighted by Gasteiger charge is -2.32. The number of furan rings is 2. The largest absolute Gasteiger partial charge is 0.455 e. The average molecular weight is 1310 g/mol. The van der Waals surface area contributed by atoms with E-state index < -0.39 is 0 Å². The highest BCUT2D eigenvalue weighted by molar-refractivity contribution is 6.21. The number of hydrogen-bond acceptors (Lipinski definition) is 4. The molecule has 2 aliphatic carbocycles. The lowest BCUT2D eigenvalue weighted by Crippen LogP contribution is -2.20. The highest BCUT2D eigenvalue weighted by Crippen LogP contribution is 2.58. The quantitative estimate of drug-likeness (QED) is 0.129. The molecule has 20 rings (SSSR count). The van der Waals surface area contributed by atoms with Crippen molar-refractivity contribution in [3.8, 4) is 77.9 Å². The molecule has 0 amide bonds. The maximum atomic E-state index is 7.04. The van der Waals surface area contributed by atoms with Gasteiger partial charge in [0.05, 0.1) is 11.4 Å². The van der Waals surface area contributed by atoms with Gasteiger partial charge in [0.25, 0.3) is 0 Å². The van der Waals surface area contributed by atoms with Gasteiger partial charge < -0.3 is 18.6 Å². The minimum absolute atomic E-state index is 0.245. The van der Waals surface area contributed by atoms with Crippen molar-refractivity contribution in [3.05, 3.63) is 362 Å². The zero-order valence-corrected chi connectivity index (χ0v) is 57.0. The molecule has 2 aromatic heterocycles. The highest BCUT2D eigenvalue weighted by atomic mass is 16.3. The molecule has 4 nitrogen and oxygen atoms in total. The van der Waals surface area contributed by atoms with Crippen molar-refractivity contribution in [2.45, 2.75) is 38.5 Å². The molecule has 0 saturated carbocycles. The molecule has 2 aliphatic rings. The Morgan fingerprint density at radius 1 is 0.235 bits per heavy atom. The zero-order chi connectivity index (χ0) is 68.0. The molecule has 0 radical (unpaired) electrons. The van der Waals surface area contributed by atoms with Crippen LogP contribution < -0.4 is 9.80 Å². The van der Waals surface area contributed by atoms with Crippen LogP contribution in [0.1, 0.15) is 49.9 Å². The molecule has 4 heteroatoms. The van der Waals surface area contributed by atoms with Crippen molar-refractivity contribution in [2.24, 2.45) is 0 Å². The third kappa shape index (κ3) is 9.22. The Hall–Kier alpha value is -12.8. The first-order valence-electron chi connectivity index (χ1n) is 35.4. The van der Waals surface area contributed by atoms with E-state index in [1.54, 1.807) is 0 Å². The first kappa shape index (κ1) is 59.3. The van der Waals surface area contributed by atoms with Crippen LogP contribution in [-0.2, 0) is 10.8 Å². The number of anilines is 6. The smallest absolute Gasteiger partial charge is 0.143 e. The summed E-state index contributed by atoms with van der Waals surface area (Å²) in [6.07, 6.45) is 0. The van der Waals surface area contributed by atoms with E-state index in [1.807, 2.05) is 0 Å². The predicted molar refractivity (Wildman–Crippen MR) is 428 cm³/mol. The number of hydrogen-bond donors (Lipinski definition) is 0. The fourth-order valence-electron chi connectivity index (χ4n) is 17.4. The van der Waals surface area contributed by atoms with Crippen LogP contribution in [0, 0.1) is 0 Å². The molecule has 0 spiro atoms. The van der Waals surface area contributed by atoms with Crippen LogP contribution in [0.5, 0.6) is 0 Å². The number of benzene rings is 16. The number of rotatable bonds is 11. The van der Waals surface area contributed by atoms with E-state index in [2.05, 4.69) is 377 Å². The fraction of sp³-hybridized carbons (Fsp3) is 0.0612. The van der Waals surface area contributed by atoms with Crippen LogP contribution in [-0.4, -0.2) is 0 Å². The second-order valence-electron chi connectivity index (χ2n) is 28.7. The van der Waals surface area contributed by atoms with Gasteiger partial charge in [0.2, 0.25) is 0 Å². The van der Waals surface area contributed by atoms with E-state index in [4.69, 9.17) is 8.83 Å². The summed E-state index contributed by atoms with van der Waals surface area (Å²) in [5, 5.41) is 8.95. The lowest BCUT2D eigenvalue weighted by atomic mass is 9.81. The first-order chi connectivity index (χ1) is 50.1. The molecule has 482 valence electrons. The van der Waals surface area contributed by atoms with Crippen molar-refractivity contribution in [2.75, 3.05) is 9.80 Å². The van der Waals surface area contributed by atoms with Crippen molar-refractivity contribution >= 4 is 99.5 Å². The predicted octanol–water partition coefficient (Wildman–Crippen LogP) is 27.7. The Bertz CT molecular complexity index is 6450. The minimum Gasteiger partial charge on any atom is -0.455 e. The van der Waals surface area contributed by atoms with Gasteiger partial charge in [0.1, 0.15) is 22.3 Å². The van der Waals surface area contributed by atoms with E-state index in [0.29, 0.717) is 0 Å². The summed E-state index contributed by atoms with van der Waals surface area (Å²) in [4.78, 5) is 4.93. The molecule has 0 atom stereocenters. The minimum atomic E-state index is -0.319. The van der Waals surface area contributed by atoms with Crippen LogP contribution in [0.4, 0.5) is 34.1 Å². The third-order valence-electron chi connectivity index (χ3n) is 22.2. The topological polar surface area (TPSA) is 32.8 Å². The van der Waals surface area contributed by atoms with E-state index in [-0.39, 0.29) is 10.8 Å². The van der Waals surface area contributed by atoms with Gasteiger partial charge >= 0.3 is 0 Å². The summed E-state index contributed by atoms with van der Waals surface area (Å²) in [6, 6.07) is 125. The van der Waals surface area contributed by atoms with Crippen LogP contribution in [0.15, 0.2) is 349 Å². The van der Waals surface area contributed by atoms with Crippen LogP contribution in [0.25, 0.3) is 143 Å². The second kappa shape index (κ2) is 22.9. The van der Waals surface area contributed by atoms with Gasteiger partial charge in [-0.25, -0.2) is 0 Å². The highest BCUT2D eigenvalue weighted by Gasteiger charge is 2.41. The van der Waals surface area contributed by atoms with Gasteiger partial charge in [-0.1, -0.05) is 258 Å². The maximum absolute atomic E-state index is 7.04. The third-order valence-corrected chi connectivity index (χ3v) is 22.2. The van der Waals surface area contributed by atoms with Gasteiger partial charge in [-0.15, -0.1) is 0 Å². The monoisotopic (exact) mass is 1300 g/mol. The molecule has 0 aliphatic heterocycles. The van der Waals surface area contributed by atoms with E-state index in [1.165, 1.54) is 77.7 Å². The molecular weight excluding hydrogens is 1240 g/mol. The molecule has 0 fully saturated rings. The lowest BCUT2D eigenvalue weighted by molar-refractivity contribution is 0.660. The van der Waals surface area contributed by atoms with Gasteiger partial charge in [-0.3, -0.25) is 0 Å². The van der Waals surface area contributed by atoms with Gasteiger partial charge in [0.15, 0.2) is 0 Å². The Balaban J connectivity index is 0.652. The van der Waals surface area contributed by atoms with Crippen molar-refractivity contribution < 1.29 is 8.83 Å². The molecular formula is C98H68N2O2. The first-order valence-corrected chi connectivity index (χ1v) is 35.4. The fourth-order valence-corrected chi connectivity index (χ4v) is 17.4. The molecule has 18 aromatic rings. The summed E-state index contributed by atoms with van der Waals surface area (Å²) >= 11 is 0. The molecule has 0 bridgehead atoms. The van der Waals surface area contributed by atoms with E-state index >= 15 is 0 Å². The standard InChI is InChI=1S/C98H68N2O2/c1-97(2)85-39-14-13-34-79(85)80-37-18-40-87(93(80)97)100(72-50-44-62(45-51-72)65-26-15-25-64(56-65)61-22-7-5-8-23-61)74-32-17-28-69(59-74)76-36-21-43-90-92(76)83-54-48-70-57-66(47-52-78(70)96(83)102-90)67-49-55-86-84(60-67)81-38-19-41-88(94(81)98(86,3)4)99(71-29-9-6-10-30-71)73-31-16-27-68(58-73)75-35-20-42-89-91(75)82-53-46-63-24-11-12-33-77(63)95(82)101-89/h5-60H,1-4H3. The van der Waals surface area contributed by atoms with Crippen molar-refractivity contribution in [1.29, 1.82) is 0 Å². The SMILES string of the molecule is CC1(C)c2ccccc2-c2cccc(N(c3ccc(-c4cccc(-c5ccccc5)c4)cc3)c3cccc(-c4cccc5oc6c7ccc(-c8ccc9c(c8)-c8cccc(N(c%10ccccc%10)c%10cccc(-c%11cccc%12oc%13c%14ccccc%14ccc%13c%11%12)c%10)c8C9(C)C)cc7ccc6c45)c3)c21. The van der Waals surface area contributed by atoms with Crippen LogP contribution >= 0.6 is 0 Å². The molecule has 2 heterocycles. The van der Waals surface area contributed by atoms with E-state index in [0.717, 1.165) is 122 Å². The number of fused-ring (bicyclic) bond motifs is 16. The van der Waals surface area contributed by atoms with Crippen molar-refractivity contribution in [3.63, 3.8) is 0 Å². The molecule has 0 N–H and O–H groups in total. The second-order valence-corrected chi connectivity index (χ2v) is 28.7. The van der Waals surface area contributed by atoms with E-state index in [9.17, 15) is 0 Å². The molecule has 0 saturated heterocycles. The summed E-state index contributed by atoms with van der Waals surface area (Å²) < 4.78 is 13.7. The maximum Gasteiger partial charge on any atom is 0.143 e. The number of para-hydroxylation sites is 1. The summed E-state index contributed by atoms with van der Waals surface area (Å²) in [5.41, 5.74) is 31.6. The Labute approximate surface area is 592 Å². The zero-order valence-electron chi connectivity index (χ0n) is 57.0. The molecule has 0 unspecified atom stereocenters. The Morgan fingerprint density at radius 2 is 0.647 bits per heavy atom. The average Bonchev–Trinajstić information content (AvgIpc) is 1.55. The van der Waals surface area contributed by atoms with Gasteiger partial charge in [-0.05, 0) is 220 Å². The molecule has 16 aromatic carbocycles. The van der Waals surface area contributed by atoms with Crippen molar-refractivity contribution in [1.82, 2.24) is 0 Å². The Morgan fingerprint density at radius 3 is 1.29 bits per heavy atom. The molecule has 102 heavy (non-hydrogen) atoms. The Kier molecular flexibility index (Phi) is 13.3. The van der Waals surface area contributed by atoms with Gasteiger partial charge in [-0.2, -0.15) is 0 Å². The summed E-state index contributed by atoms with van der Waals surface area (Å²) in [5.74, 6) is 0.